The molecule has 4 nitrogen and oxygen atoms in total. The lowest BCUT2D eigenvalue weighted by atomic mass is 9.49. The van der Waals surface area contributed by atoms with Crippen LogP contribution in [0.1, 0.15) is 44.1 Å². The number of primary amides is 1. The van der Waals surface area contributed by atoms with E-state index in [1.807, 2.05) is 24.3 Å². The first-order chi connectivity index (χ1) is 15.5. The fourth-order valence-electron chi connectivity index (χ4n) is 7.45. The number of carbonyl (C=O) groups is 2. The van der Waals surface area contributed by atoms with Crippen LogP contribution in [0, 0.1) is 23.2 Å². The molecule has 0 heterocycles. The van der Waals surface area contributed by atoms with E-state index >= 15 is 0 Å². The number of hydrogen-bond donors (Lipinski definition) is 2. The second-order valence-electron chi connectivity index (χ2n) is 10.6. The van der Waals surface area contributed by atoms with E-state index in [4.69, 9.17) is 5.73 Å². The first-order valence-electron chi connectivity index (χ1n) is 12.0. The third-order valence-electron chi connectivity index (χ3n) is 8.46. The smallest absolute Gasteiger partial charge is 0.240 e. The number of fused-ring (bicyclic) bond motifs is 2. The summed E-state index contributed by atoms with van der Waals surface area (Å²) in [5, 5.41) is 7.63. The molecule has 3 aromatic carbocycles. The van der Waals surface area contributed by atoms with Crippen LogP contribution in [0.5, 0.6) is 0 Å². The number of hydrogen-bond acceptors (Lipinski definition) is 2. The summed E-state index contributed by atoms with van der Waals surface area (Å²) in [6.07, 6.45) is 7.21. The molecule has 4 saturated carbocycles. The van der Waals surface area contributed by atoms with Crippen LogP contribution in [0.2, 0.25) is 0 Å². The van der Waals surface area contributed by atoms with Gasteiger partial charge in [-0.25, -0.2) is 0 Å². The Balaban J connectivity index is 1.34. The zero-order valence-electron chi connectivity index (χ0n) is 18.3. The highest BCUT2D eigenvalue weighted by atomic mass is 16.2. The van der Waals surface area contributed by atoms with Crippen LogP contribution < -0.4 is 11.1 Å². The summed E-state index contributed by atoms with van der Waals surface area (Å²) in [7, 11) is 0. The van der Waals surface area contributed by atoms with Crippen molar-refractivity contribution in [2.45, 2.75) is 51.0 Å². The van der Waals surface area contributed by atoms with Crippen molar-refractivity contribution in [1.29, 1.82) is 0 Å². The minimum absolute atomic E-state index is 0.0601. The van der Waals surface area contributed by atoms with Gasteiger partial charge in [-0.15, -0.1) is 0 Å². The van der Waals surface area contributed by atoms with Crippen LogP contribution in [0.4, 0.5) is 0 Å². The highest BCUT2D eigenvalue weighted by Gasteiger charge is 2.54. The lowest BCUT2D eigenvalue weighted by Gasteiger charge is -2.55. The zero-order chi connectivity index (χ0) is 21.9. The minimum Gasteiger partial charge on any atom is -0.368 e. The minimum atomic E-state index is -0.704. The van der Waals surface area contributed by atoms with Gasteiger partial charge in [0.15, 0.2) is 0 Å². The SMILES string of the molecule is NC(=O)[C@@H](Cc1c2ccccc2cc2ccccc12)NC(=O)C12CC3CC(CC(C3)C1)C2. The summed E-state index contributed by atoms with van der Waals surface area (Å²) in [5.74, 6) is 1.65. The van der Waals surface area contributed by atoms with Gasteiger partial charge in [-0.05, 0) is 89.5 Å². The molecule has 1 atom stereocenters. The number of nitrogens with two attached hydrogens (primary N) is 1. The van der Waals surface area contributed by atoms with Crippen LogP contribution in [-0.4, -0.2) is 17.9 Å². The Morgan fingerprint density at radius 2 is 1.38 bits per heavy atom. The van der Waals surface area contributed by atoms with Gasteiger partial charge in [0.1, 0.15) is 6.04 Å². The molecular weight excluding hydrogens is 396 g/mol. The van der Waals surface area contributed by atoms with Gasteiger partial charge < -0.3 is 11.1 Å². The first-order valence-corrected chi connectivity index (χ1v) is 12.0. The highest BCUT2D eigenvalue weighted by Crippen LogP contribution is 2.60. The summed E-state index contributed by atoms with van der Waals surface area (Å²) in [6.45, 7) is 0. The Hall–Kier alpha value is -2.88. The van der Waals surface area contributed by atoms with Crippen LogP contribution in [0.15, 0.2) is 54.6 Å². The molecule has 0 radical (unpaired) electrons. The summed E-state index contributed by atoms with van der Waals surface area (Å²) >= 11 is 0. The van der Waals surface area contributed by atoms with E-state index in [1.165, 1.54) is 19.3 Å². The maximum Gasteiger partial charge on any atom is 0.240 e. The van der Waals surface area contributed by atoms with E-state index in [1.54, 1.807) is 0 Å². The monoisotopic (exact) mass is 426 g/mol. The van der Waals surface area contributed by atoms with Gasteiger partial charge in [0, 0.05) is 11.8 Å². The van der Waals surface area contributed by atoms with Crippen molar-refractivity contribution < 1.29 is 9.59 Å². The second kappa shape index (κ2) is 7.33. The molecule has 4 aliphatic carbocycles. The molecule has 4 fully saturated rings. The molecule has 164 valence electrons. The van der Waals surface area contributed by atoms with E-state index in [2.05, 4.69) is 35.6 Å². The van der Waals surface area contributed by atoms with Crippen LogP contribution >= 0.6 is 0 Å². The Labute approximate surface area is 188 Å². The second-order valence-corrected chi connectivity index (χ2v) is 10.6. The van der Waals surface area contributed by atoms with E-state index in [9.17, 15) is 9.59 Å². The standard InChI is InChI=1S/C28H30N2O2/c29-26(31)25(30-27(32)28-14-17-9-18(15-28)11-19(10-17)16-28)13-24-22-7-3-1-5-20(22)12-21-6-2-4-8-23(21)24/h1-8,12,17-19,25H,9-11,13-16H2,(H2,29,31)(H,30,32)/t17?,18?,19?,25-,28?/m1/s1. The maximum absolute atomic E-state index is 13.6. The van der Waals surface area contributed by atoms with Gasteiger partial charge in [0.25, 0.3) is 0 Å². The topological polar surface area (TPSA) is 72.2 Å². The molecule has 4 heteroatoms. The van der Waals surface area contributed by atoms with Crippen molar-refractivity contribution in [3.8, 4) is 0 Å². The number of benzene rings is 3. The molecule has 3 N–H and O–H groups in total. The van der Waals surface area contributed by atoms with Crippen LogP contribution in [0.3, 0.4) is 0 Å². The van der Waals surface area contributed by atoms with Gasteiger partial charge in [0.05, 0.1) is 0 Å². The van der Waals surface area contributed by atoms with Crippen molar-refractivity contribution in [3.63, 3.8) is 0 Å². The third kappa shape index (κ3) is 3.19. The van der Waals surface area contributed by atoms with Gasteiger partial charge in [0.2, 0.25) is 11.8 Å². The molecule has 32 heavy (non-hydrogen) atoms. The van der Waals surface area contributed by atoms with E-state index in [-0.39, 0.29) is 11.3 Å². The van der Waals surface area contributed by atoms with E-state index < -0.39 is 11.9 Å². The normalized spacial score (nSPS) is 29.3. The fraction of sp³-hybridized carbons (Fsp3) is 0.429. The predicted molar refractivity (Wildman–Crippen MR) is 127 cm³/mol. The molecule has 4 aliphatic rings. The largest absolute Gasteiger partial charge is 0.368 e. The van der Waals surface area contributed by atoms with Gasteiger partial charge in [-0.1, -0.05) is 48.5 Å². The predicted octanol–water partition coefficient (Wildman–Crippen LogP) is 4.72. The third-order valence-corrected chi connectivity index (χ3v) is 8.46. The lowest BCUT2D eigenvalue weighted by molar-refractivity contribution is -0.148. The quantitative estimate of drug-likeness (QED) is 0.580. The van der Waals surface area contributed by atoms with Crippen LogP contribution in [0.25, 0.3) is 21.5 Å². The summed E-state index contributed by atoms with van der Waals surface area (Å²) in [5.41, 5.74) is 6.65. The van der Waals surface area contributed by atoms with Gasteiger partial charge in [-0.3, -0.25) is 9.59 Å². The molecule has 4 bridgehead atoms. The molecule has 3 aromatic rings. The van der Waals surface area contributed by atoms with E-state index in [0.29, 0.717) is 24.2 Å². The Morgan fingerprint density at radius 1 is 0.875 bits per heavy atom. The lowest BCUT2D eigenvalue weighted by Crippen LogP contribution is -2.57. The van der Waals surface area contributed by atoms with Crippen molar-refractivity contribution in [2.24, 2.45) is 28.9 Å². The summed E-state index contributed by atoms with van der Waals surface area (Å²) in [4.78, 5) is 26.2. The maximum atomic E-state index is 13.6. The zero-order valence-corrected chi connectivity index (χ0v) is 18.3. The first kappa shape index (κ1) is 19.8. The molecule has 0 aliphatic heterocycles. The van der Waals surface area contributed by atoms with Crippen molar-refractivity contribution in [2.75, 3.05) is 0 Å². The van der Waals surface area contributed by atoms with Crippen molar-refractivity contribution in [1.82, 2.24) is 5.32 Å². The Kier molecular flexibility index (Phi) is 4.53. The average molecular weight is 427 g/mol. The molecule has 0 aromatic heterocycles. The fourth-order valence-corrected chi connectivity index (χ4v) is 7.45. The summed E-state index contributed by atoms with van der Waals surface area (Å²) < 4.78 is 0. The Morgan fingerprint density at radius 3 is 1.88 bits per heavy atom. The van der Waals surface area contributed by atoms with E-state index in [0.717, 1.165) is 46.4 Å². The molecule has 2 amide bonds. The molecule has 0 spiro atoms. The number of rotatable bonds is 5. The highest BCUT2D eigenvalue weighted by molar-refractivity contribution is 6.03. The molecule has 0 unspecified atom stereocenters. The van der Waals surface area contributed by atoms with Crippen molar-refractivity contribution in [3.05, 3.63) is 60.2 Å². The van der Waals surface area contributed by atoms with Gasteiger partial charge in [-0.2, -0.15) is 0 Å². The number of nitrogens with one attached hydrogen (secondary N) is 1. The van der Waals surface area contributed by atoms with Gasteiger partial charge >= 0.3 is 0 Å². The molecule has 7 rings (SSSR count). The average Bonchev–Trinajstić information content (AvgIpc) is 2.77. The number of amides is 2. The summed E-state index contributed by atoms with van der Waals surface area (Å²) in [6, 6.07) is 18.0. The molecule has 0 saturated heterocycles. The van der Waals surface area contributed by atoms with Crippen LogP contribution in [-0.2, 0) is 16.0 Å². The van der Waals surface area contributed by atoms with Crippen molar-refractivity contribution >= 4 is 33.4 Å². The Bertz CT molecular complexity index is 1140. The molecular formula is C28H30N2O2. The number of carbonyl (C=O) groups excluding carboxylic acids is 2.